The number of hydrogen-bond donors (Lipinski definition) is 0. The Morgan fingerprint density at radius 1 is 1.05 bits per heavy atom. The molecule has 0 bridgehead atoms. The number of Topliss-reactive ketones (excluding diaryl/α,β-unsaturated/α-hetero) is 1. The predicted molar refractivity (Wildman–Crippen MR) is 75.3 cm³/mol. The Morgan fingerprint density at radius 3 is 2.53 bits per heavy atom. The van der Waals surface area contributed by atoms with Crippen LogP contribution in [-0.2, 0) is 17.6 Å². The summed E-state index contributed by atoms with van der Waals surface area (Å²) in [5.74, 6) is -0.605. The molecule has 0 atom stereocenters. The minimum Gasteiger partial charge on any atom is -0.299 e. The lowest BCUT2D eigenvalue weighted by Crippen LogP contribution is -2.08. The van der Waals surface area contributed by atoms with E-state index >= 15 is 0 Å². The smallest absolute Gasteiger partial charge is 0.145 e. The number of benzene rings is 2. The first-order valence-corrected chi connectivity index (χ1v) is 6.51. The van der Waals surface area contributed by atoms with Crippen LogP contribution >= 0.6 is 23.2 Å². The third kappa shape index (κ3) is 3.79. The monoisotopic (exact) mass is 296 g/mol. The first-order chi connectivity index (χ1) is 9.06. The van der Waals surface area contributed by atoms with Crippen molar-refractivity contribution < 1.29 is 9.18 Å². The fraction of sp³-hybridized carbons (Fsp3) is 0.133. The second-order valence-electron chi connectivity index (χ2n) is 4.24. The van der Waals surface area contributed by atoms with Crippen molar-refractivity contribution in [1.29, 1.82) is 0 Å². The number of halogens is 3. The molecular weight excluding hydrogens is 286 g/mol. The summed E-state index contributed by atoms with van der Waals surface area (Å²) in [6, 6.07) is 11.7. The van der Waals surface area contributed by atoms with Gasteiger partial charge >= 0.3 is 0 Å². The molecule has 0 aliphatic carbocycles. The molecule has 0 heterocycles. The van der Waals surface area contributed by atoms with Gasteiger partial charge in [0.1, 0.15) is 11.6 Å². The molecule has 2 aromatic carbocycles. The van der Waals surface area contributed by atoms with Gasteiger partial charge in [0.25, 0.3) is 0 Å². The van der Waals surface area contributed by atoms with Crippen LogP contribution in [0.4, 0.5) is 4.39 Å². The third-order valence-corrected chi connectivity index (χ3v) is 3.24. The minimum atomic E-state index is -0.524. The quantitative estimate of drug-likeness (QED) is 0.812. The van der Waals surface area contributed by atoms with E-state index < -0.39 is 5.82 Å². The largest absolute Gasteiger partial charge is 0.299 e. The topological polar surface area (TPSA) is 17.1 Å². The van der Waals surface area contributed by atoms with Crippen molar-refractivity contribution >= 4 is 29.0 Å². The van der Waals surface area contributed by atoms with E-state index in [1.54, 1.807) is 30.3 Å². The summed E-state index contributed by atoms with van der Waals surface area (Å²) in [7, 11) is 0. The van der Waals surface area contributed by atoms with Crippen molar-refractivity contribution in [2.24, 2.45) is 0 Å². The van der Waals surface area contributed by atoms with Crippen LogP contribution in [0.3, 0.4) is 0 Å². The Labute approximate surface area is 121 Å². The number of carbonyl (C=O) groups is 1. The molecule has 19 heavy (non-hydrogen) atoms. The van der Waals surface area contributed by atoms with Crippen LogP contribution < -0.4 is 0 Å². The Hall–Kier alpha value is -1.38. The zero-order chi connectivity index (χ0) is 13.8. The van der Waals surface area contributed by atoms with Gasteiger partial charge in [-0.25, -0.2) is 4.39 Å². The Bertz CT molecular complexity index is 611. The lowest BCUT2D eigenvalue weighted by atomic mass is 10.0. The van der Waals surface area contributed by atoms with Crippen LogP contribution in [0, 0.1) is 5.82 Å². The van der Waals surface area contributed by atoms with E-state index in [2.05, 4.69) is 0 Å². The molecule has 0 fully saturated rings. The van der Waals surface area contributed by atoms with E-state index in [9.17, 15) is 9.18 Å². The van der Waals surface area contributed by atoms with Gasteiger partial charge in [0, 0.05) is 17.9 Å². The molecule has 0 amide bonds. The van der Waals surface area contributed by atoms with Crippen LogP contribution in [0.5, 0.6) is 0 Å². The van der Waals surface area contributed by atoms with Gasteiger partial charge in [-0.15, -0.1) is 0 Å². The van der Waals surface area contributed by atoms with Gasteiger partial charge in [0.05, 0.1) is 5.02 Å². The van der Waals surface area contributed by atoms with E-state index in [0.717, 1.165) is 5.56 Å². The number of hydrogen-bond acceptors (Lipinski definition) is 1. The Kier molecular flexibility index (Phi) is 4.56. The molecule has 0 aromatic heterocycles. The zero-order valence-electron chi connectivity index (χ0n) is 10.00. The van der Waals surface area contributed by atoms with Gasteiger partial charge in [-0.1, -0.05) is 47.5 Å². The summed E-state index contributed by atoms with van der Waals surface area (Å²) in [5, 5.41) is 0.618. The molecule has 0 N–H and O–H groups in total. The van der Waals surface area contributed by atoms with Gasteiger partial charge in [-0.2, -0.15) is 0 Å². The first kappa shape index (κ1) is 14.0. The maximum Gasteiger partial charge on any atom is 0.145 e. The molecule has 0 unspecified atom stereocenters. The minimum absolute atomic E-state index is 0.0267. The molecule has 0 radical (unpaired) electrons. The van der Waals surface area contributed by atoms with Crippen molar-refractivity contribution in [3.63, 3.8) is 0 Å². The third-order valence-electron chi connectivity index (χ3n) is 2.71. The van der Waals surface area contributed by atoms with E-state index in [-0.39, 0.29) is 23.6 Å². The van der Waals surface area contributed by atoms with Crippen LogP contribution in [0.2, 0.25) is 10.0 Å². The van der Waals surface area contributed by atoms with Gasteiger partial charge in [-0.3, -0.25) is 4.79 Å². The van der Waals surface area contributed by atoms with E-state index in [1.165, 1.54) is 6.07 Å². The molecule has 98 valence electrons. The standard InChI is InChI=1S/C15H11Cl2FO/c16-12-5-1-3-10(7-12)8-13(19)9-11-4-2-6-14(17)15(11)18/h1-7H,8-9H2. The predicted octanol–water partition coefficient (Wildman–Crippen LogP) is 4.49. The van der Waals surface area contributed by atoms with Gasteiger partial charge < -0.3 is 0 Å². The first-order valence-electron chi connectivity index (χ1n) is 5.75. The molecule has 2 rings (SSSR count). The van der Waals surface area contributed by atoms with Crippen LogP contribution in [0.25, 0.3) is 0 Å². The van der Waals surface area contributed by atoms with Crippen molar-refractivity contribution in [1.82, 2.24) is 0 Å². The Morgan fingerprint density at radius 2 is 1.79 bits per heavy atom. The van der Waals surface area contributed by atoms with Gasteiger partial charge in [-0.05, 0) is 29.3 Å². The maximum atomic E-state index is 13.7. The molecule has 0 aliphatic rings. The molecule has 2 aromatic rings. The molecule has 1 nitrogen and oxygen atoms in total. The lowest BCUT2D eigenvalue weighted by Gasteiger charge is -2.04. The van der Waals surface area contributed by atoms with Crippen molar-refractivity contribution in [2.45, 2.75) is 12.8 Å². The summed E-state index contributed by atoms with van der Waals surface area (Å²) in [6.45, 7) is 0. The van der Waals surface area contributed by atoms with Crippen molar-refractivity contribution in [3.05, 3.63) is 69.5 Å². The zero-order valence-corrected chi connectivity index (χ0v) is 11.5. The molecule has 0 saturated heterocycles. The van der Waals surface area contributed by atoms with Gasteiger partial charge in [0.2, 0.25) is 0 Å². The number of carbonyl (C=O) groups excluding carboxylic acids is 1. The highest BCUT2D eigenvalue weighted by atomic mass is 35.5. The summed E-state index contributed by atoms with van der Waals surface area (Å²) >= 11 is 11.5. The van der Waals surface area contributed by atoms with E-state index in [1.807, 2.05) is 6.07 Å². The van der Waals surface area contributed by atoms with Crippen LogP contribution in [0.15, 0.2) is 42.5 Å². The summed E-state index contributed by atoms with van der Waals surface area (Å²) < 4.78 is 13.7. The fourth-order valence-corrected chi connectivity index (χ4v) is 2.24. The van der Waals surface area contributed by atoms with Crippen LogP contribution in [0.1, 0.15) is 11.1 Å². The van der Waals surface area contributed by atoms with E-state index in [0.29, 0.717) is 10.6 Å². The van der Waals surface area contributed by atoms with Crippen molar-refractivity contribution in [3.8, 4) is 0 Å². The average Bonchev–Trinajstić information content (AvgIpc) is 2.35. The molecular formula is C15H11Cl2FO. The average molecular weight is 297 g/mol. The lowest BCUT2D eigenvalue weighted by molar-refractivity contribution is -0.117. The highest BCUT2D eigenvalue weighted by Gasteiger charge is 2.11. The summed E-state index contributed by atoms with van der Waals surface area (Å²) in [4.78, 5) is 11.9. The number of rotatable bonds is 4. The molecule has 0 saturated carbocycles. The fourth-order valence-electron chi connectivity index (χ4n) is 1.83. The number of ketones is 1. The van der Waals surface area contributed by atoms with Crippen molar-refractivity contribution in [2.75, 3.05) is 0 Å². The van der Waals surface area contributed by atoms with E-state index in [4.69, 9.17) is 23.2 Å². The molecule has 4 heteroatoms. The second-order valence-corrected chi connectivity index (χ2v) is 5.08. The molecule has 0 aliphatic heterocycles. The summed E-state index contributed by atoms with van der Waals surface area (Å²) in [6.07, 6.45) is 0.255. The second kappa shape index (κ2) is 6.18. The van der Waals surface area contributed by atoms with Crippen LogP contribution in [-0.4, -0.2) is 5.78 Å². The molecule has 0 spiro atoms. The maximum absolute atomic E-state index is 13.7. The normalized spacial score (nSPS) is 10.5. The summed E-state index contributed by atoms with van der Waals surface area (Å²) in [5.41, 5.74) is 1.14. The highest BCUT2D eigenvalue weighted by molar-refractivity contribution is 6.31. The highest BCUT2D eigenvalue weighted by Crippen LogP contribution is 2.19. The Balaban J connectivity index is 2.08. The van der Waals surface area contributed by atoms with Gasteiger partial charge in [0.15, 0.2) is 0 Å². The SMILES string of the molecule is O=C(Cc1cccc(Cl)c1)Cc1cccc(Cl)c1F.